The standard InChI is InChI=1S/C15H9F4NOS/c16-9-5-4-8(6-12(9)19)15-20(13(21)7-22-15)14-10(17)2-1-3-11(14)18/h1-6,15H,7H2. The molecule has 0 N–H and O–H groups in total. The third-order valence-electron chi connectivity index (χ3n) is 3.28. The lowest BCUT2D eigenvalue weighted by Gasteiger charge is -2.25. The monoisotopic (exact) mass is 327 g/mol. The van der Waals surface area contributed by atoms with Crippen molar-refractivity contribution in [3.63, 3.8) is 0 Å². The number of benzene rings is 2. The second kappa shape index (κ2) is 5.64. The maximum atomic E-state index is 13.9. The van der Waals surface area contributed by atoms with E-state index in [4.69, 9.17) is 0 Å². The number of carbonyl (C=O) groups excluding carboxylic acids is 1. The summed E-state index contributed by atoms with van der Waals surface area (Å²) in [6.07, 6.45) is 0. The quantitative estimate of drug-likeness (QED) is 0.777. The van der Waals surface area contributed by atoms with Crippen molar-refractivity contribution >= 4 is 23.4 Å². The Balaban J connectivity index is 2.08. The zero-order chi connectivity index (χ0) is 15.9. The van der Waals surface area contributed by atoms with Gasteiger partial charge in [-0.15, -0.1) is 11.8 Å². The molecule has 2 nitrogen and oxygen atoms in total. The van der Waals surface area contributed by atoms with E-state index >= 15 is 0 Å². The molecule has 114 valence electrons. The number of carbonyl (C=O) groups is 1. The van der Waals surface area contributed by atoms with E-state index in [1.165, 1.54) is 12.1 Å². The molecule has 1 heterocycles. The van der Waals surface area contributed by atoms with Crippen molar-refractivity contribution in [2.24, 2.45) is 0 Å². The molecule has 7 heteroatoms. The fraction of sp³-hybridized carbons (Fsp3) is 0.133. The number of halogens is 4. The van der Waals surface area contributed by atoms with E-state index in [0.717, 1.165) is 40.9 Å². The average molecular weight is 327 g/mol. The molecule has 1 saturated heterocycles. The lowest BCUT2D eigenvalue weighted by molar-refractivity contribution is -0.115. The minimum atomic E-state index is -1.08. The van der Waals surface area contributed by atoms with Gasteiger partial charge in [-0.1, -0.05) is 12.1 Å². The lowest BCUT2D eigenvalue weighted by atomic mass is 10.1. The topological polar surface area (TPSA) is 20.3 Å². The molecule has 1 unspecified atom stereocenters. The molecule has 0 radical (unpaired) electrons. The first-order chi connectivity index (χ1) is 10.5. The summed E-state index contributed by atoms with van der Waals surface area (Å²) in [5.74, 6) is -4.37. The molecule has 1 atom stereocenters. The Morgan fingerprint density at radius 2 is 1.64 bits per heavy atom. The van der Waals surface area contributed by atoms with Gasteiger partial charge < -0.3 is 0 Å². The Hall–Kier alpha value is -2.02. The van der Waals surface area contributed by atoms with Crippen molar-refractivity contribution < 1.29 is 22.4 Å². The number of hydrogen-bond acceptors (Lipinski definition) is 2. The average Bonchev–Trinajstić information content (AvgIpc) is 2.84. The van der Waals surface area contributed by atoms with Crippen LogP contribution in [0.15, 0.2) is 36.4 Å². The first-order valence-electron chi connectivity index (χ1n) is 6.31. The van der Waals surface area contributed by atoms with Gasteiger partial charge in [0, 0.05) is 0 Å². The summed E-state index contributed by atoms with van der Waals surface area (Å²) in [6, 6.07) is 6.41. The predicted molar refractivity (Wildman–Crippen MR) is 75.4 cm³/mol. The Labute approximate surface area is 127 Å². The van der Waals surface area contributed by atoms with Gasteiger partial charge in [0.2, 0.25) is 5.91 Å². The largest absolute Gasteiger partial charge is 0.290 e. The number of rotatable bonds is 2. The highest BCUT2D eigenvalue weighted by Crippen LogP contribution is 2.43. The van der Waals surface area contributed by atoms with Gasteiger partial charge >= 0.3 is 0 Å². The fourth-order valence-corrected chi connectivity index (χ4v) is 3.45. The highest BCUT2D eigenvalue weighted by molar-refractivity contribution is 8.00. The van der Waals surface area contributed by atoms with Crippen molar-refractivity contribution in [2.45, 2.75) is 5.37 Å². The molecule has 2 aromatic rings. The molecular weight excluding hydrogens is 318 g/mol. The van der Waals surface area contributed by atoms with Crippen LogP contribution in [0.2, 0.25) is 0 Å². The molecule has 1 fully saturated rings. The SMILES string of the molecule is O=C1CSC(c2ccc(F)c(F)c2)N1c1c(F)cccc1F. The normalized spacial score (nSPS) is 18.1. The Morgan fingerprint density at radius 3 is 2.27 bits per heavy atom. The highest BCUT2D eigenvalue weighted by Gasteiger charge is 2.37. The molecule has 0 aromatic heterocycles. The van der Waals surface area contributed by atoms with Crippen LogP contribution in [0.1, 0.15) is 10.9 Å². The van der Waals surface area contributed by atoms with Crippen molar-refractivity contribution in [1.82, 2.24) is 0 Å². The van der Waals surface area contributed by atoms with E-state index in [9.17, 15) is 22.4 Å². The molecule has 1 amide bonds. The number of amides is 1. The van der Waals surface area contributed by atoms with Crippen LogP contribution in [0, 0.1) is 23.3 Å². The van der Waals surface area contributed by atoms with Gasteiger partial charge in [-0.2, -0.15) is 0 Å². The van der Waals surface area contributed by atoms with E-state index in [1.54, 1.807) is 0 Å². The summed E-state index contributed by atoms with van der Waals surface area (Å²) in [5.41, 5.74) is -0.218. The van der Waals surface area contributed by atoms with Crippen LogP contribution in [0.3, 0.4) is 0 Å². The first kappa shape index (κ1) is 14.9. The molecule has 2 aromatic carbocycles. The minimum Gasteiger partial charge on any atom is -0.290 e. The Bertz CT molecular complexity index is 732. The smallest absolute Gasteiger partial charge is 0.238 e. The summed E-state index contributed by atoms with van der Waals surface area (Å²) < 4.78 is 54.3. The number of para-hydroxylation sites is 1. The van der Waals surface area contributed by atoms with Gasteiger partial charge in [-0.05, 0) is 29.8 Å². The molecule has 3 rings (SSSR count). The zero-order valence-corrected chi connectivity index (χ0v) is 11.8. The van der Waals surface area contributed by atoms with Gasteiger partial charge in [-0.25, -0.2) is 17.6 Å². The van der Waals surface area contributed by atoms with Gasteiger partial charge in [0.1, 0.15) is 22.7 Å². The number of hydrogen-bond donors (Lipinski definition) is 0. The fourth-order valence-electron chi connectivity index (χ4n) is 2.30. The minimum absolute atomic E-state index is 0.00254. The molecule has 0 spiro atoms. The summed E-state index contributed by atoms with van der Waals surface area (Å²) in [6.45, 7) is 0. The van der Waals surface area contributed by atoms with Crippen molar-refractivity contribution in [3.05, 3.63) is 65.2 Å². The Morgan fingerprint density at radius 1 is 0.955 bits per heavy atom. The van der Waals surface area contributed by atoms with Gasteiger partial charge in [0.05, 0.1) is 5.75 Å². The molecule has 0 bridgehead atoms. The molecular formula is C15H9F4NOS. The van der Waals surface area contributed by atoms with Crippen LogP contribution in [0.25, 0.3) is 0 Å². The maximum Gasteiger partial charge on any atom is 0.238 e. The highest BCUT2D eigenvalue weighted by atomic mass is 32.2. The van der Waals surface area contributed by atoms with Crippen LogP contribution in [0.5, 0.6) is 0 Å². The summed E-state index contributed by atoms with van der Waals surface area (Å²) in [4.78, 5) is 13.0. The molecule has 0 aliphatic carbocycles. The van der Waals surface area contributed by atoms with E-state index in [1.807, 2.05) is 0 Å². The van der Waals surface area contributed by atoms with Crippen molar-refractivity contribution in [3.8, 4) is 0 Å². The third kappa shape index (κ3) is 2.45. The number of thioether (sulfide) groups is 1. The van der Waals surface area contributed by atoms with Crippen molar-refractivity contribution in [1.29, 1.82) is 0 Å². The molecule has 22 heavy (non-hydrogen) atoms. The van der Waals surface area contributed by atoms with Gasteiger partial charge in [-0.3, -0.25) is 9.69 Å². The van der Waals surface area contributed by atoms with E-state index in [2.05, 4.69) is 0 Å². The van der Waals surface area contributed by atoms with Crippen LogP contribution < -0.4 is 4.90 Å². The number of anilines is 1. The van der Waals surface area contributed by atoms with E-state index in [0.29, 0.717) is 0 Å². The lowest BCUT2D eigenvalue weighted by Crippen LogP contribution is -2.29. The number of nitrogens with zero attached hydrogens (tertiary/aromatic N) is 1. The van der Waals surface area contributed by atoms with Gasteiger partial charge in [0.25, 0.3) is 0 Å². The van der Waals surface area contributed by atoms with Gasteiger partial charge in [0.15, 0.2) is 11.6 Å². The van der Waals surface area contributed by atoms with E-state index < -0.39 is 40.2 Å². The Kier molecular flexibility index (Phi) is 3.82. The second-order valence-corrected chi connectivity index (χ2v) is 5.74. The second-order valence-electron chi connectivity index (χ2n) is 4.67. The molecule has 1 aliphatic heterocycles. The third-order valence-corrected chi connectivity index (χ3v) is 4.49. The maximum absolute atomic E-state index is 13.9. The summed E-state index contributed by atoms with van der Waals surface area (Å²) in [5, 5.41) is -0.811. The first-order valence-corrected chi connectivity index (χ1v) is 7.36. The molecule has 0 saturated carbocycles. The van der Waals surface area contributed by atoms with Crippen molar-refractivity contribution in [2.75, 3.05) is 10.7 Å². The van der Waals surface area contributed by atoms with Crippen LogP contribution >= 0.6 is 11.8 Å². The summed E-state index contributed by atoms with van der Waals surface area (Å²) >= 11 is 1.09. The zero-order valence-electron chi connectivity index (χ0n) is 11.0. The van der Waals surface area contributed by atoms with Crippen LogP contribution in [-0.2, 0) is 4.79 Å². The van der Waals surface area contributed by atoms with Crippen LogP contribution in [0.4, 0.5) is 23.2 Å². The summed E-state index contributed by atoms with van der Waals surface area (Å²) in [7, 11) is 0. The van der Waals surface area contributed by atoms with Crippen LogP contribution in [-0.4, -0.2) is 11.7 Å². The molecule has 1 aliphatic rings. The predicted octanol–water partition coefficient (Wildman–Crippen LogP) is 4.02. The van der Waals surface area contributed by atoms with E-state index in [-0.39, 0.29) is 11.3 Å².